The highest BCUT2D eigenvalue weighted by Gasteiger charge is 2.23. The molecule has 1 atom stereocenters. The molecular weight excluding hydrogens is 304 g/mol. The lowest BCUT2D eigenvalue weighted by Crippen LogP contribution is -2.32. The van der Waals surface area contributed by atoms with Crippen molar-refractivity contribution in [1.29, 1.82) is 0 Å². The highest BCUT2D eigenvalue weighted by molar-refractivity contribution is 5.94. The molecule has 2 aromatic heterocycles. The largest absolute Gasteiger partial charge is 0.357 e. The SMILES string of the molecule is CCN(CC)c1ccc(C(=O)N[C@H](c2n[nH]c(C)n2)C(C)C)cn1. The van der Waals surface area contributed by atoms with Gasteiger partial charge in [-0.25, -0.2) is 9.97 Å². The van der Waals surface area contributed by atoms with Crippen molar-refractivity contribution in [3.05, 3.63) is 35.5 Å². The predicted molar refractivity (Wildman–Crippen MR) is 94.0 cm³/mol. The second-order valence-electron chi connectivity index (χ2n) is 6.05. The van der Waals surface area contributed by atoms with Crippen molar-refractivity contribution in [1.82, 2.24) is 25.5 Å². The molecule has 24 heavy (non-hydrogen) atoms. The second-order valence-corrected chi connectivity index (χ2v) is 6.05. The molecule has 2 heterocycles. The number of aryl methyl sites for hydroxylation is 1. The van der Waals surface area contributed by atoms with E-state index in [0.29, 0.717) is 11.4 Å². The van der Waals surface area contributed by atoms with E-state index >= 15 is 0 Å². The molecule has 2 N–H and O–H groups in total. The van der Waals surface area contributed by atoms with Gasteiger partial charge in [-0.3, -0.25) is 9.89 Å². The number of aromatic amines is 1. The predicted octanol–water partition coefficient (Wildman–Crippen LogP) is 2.48. The van der Waals surface area contributed by atoms with Gasteiger partial charge in [0.15, 0.2) is 5.82 Å². The summed E-state index contributed by atoms with van der Waals surface area (Å²) in [5.74, 6) is 2.21. The lowest BCUT2D eigenvalue weighted by atomic mass is 10.0. The first-order chi connectivity index (χ1) is 11.5. The molecule has 0 bridgehead atoms. The zero-order valence-electron chi connectivity index (χ0n) is 15.0. The second kappa shape index (κ2) is 7.90. The summed E-state index contributed by atoms with van der Waals surface area (Å²) < 4.78 is 0. The van der Waals surface area contributed by atoms with Gasteiger partial charge in [-0.2, -0.15) is 5.10 Å². The number of aromatic nitrogens is 4. The fourth-order valence-electron chi connectivity index (χ4n) is 2.51. The quantitative estimate of drug-likeness (QED) is 0.814. The number of nitrogens with zero attached hydrogens (tertiary/aromatic N) is 4. The minimum Gasteiger partial charge on any atom is -0.357 e. The number of pyridine rings is 1. The van der Waals surface area contributed by atoms with Crippen LogP contribution in [0.1, 0.15) is 55.7 Å². The van der Waals surface area contributed by atoms with Crippen molar-refractivity contribution < 1.29 is 4.79 Å². The maximum atomic E-state index is 12.5. The molecular formula is C17H26N6O. The Morgan fingerprint density at radius 3 is 2.46 bits per heavy atom. The van der Waals surface area contributed by atoms with Crippen molar-refractivity contribution in [3.63, 3.8) is 0 Å². The number of hydrogen-bond acceptors (Lipinski definition) is 5. The summed E-state index contributed by atoms with van der Waals surface area (Å²) in [5, 5.41) is 9.99. The Morgan fingerprint density at radius 1 is 1.29 bits per heavy atom. The minimum absolute atomic E-state index is 0.172. The lowest BCUT2D eigenvalue weighted by Gasteiger charge is -2.21. The van der Waals surface area contributed by atoms with Crippen LogP contribution in [0.4, 0.5) is 5.82 Å². The van der Waals surface area contributed by atoms with Gasteiger partial charge in [0.2, 0.25) is 0 Å². The molecule has 0 fully saturated rings. The maximum absolute atomic E-state index is 12.5. The van der Waals surface area contributed by atoms with Crippen molar-refractivity contribution in [2.45, 2.75) is 40.7 Å². The summed E-state index contributed by atoms with van der Waals surface area (Å²) in [7, 11) is 0. The number of rotatable bonds is 7. The highest BCUT2D eigenvalue weighted by atomic mass is 16.1. The van der Waals surface area contributed by atoms with E-state index in [2.05, 4.69) is 44.2 Å². The summed E-state index contributed by atoms with van der Waals surface area (Å²) in [4.78, 5) is 23.4. The number of carbonyl (C=O) groups excluding carboxylic acids is 1. The van der Waals surface area contributed by atoms with Crippen LogP contribution in [0.5, 0.6) is 0 Å². The van der Waals surface area contributed by atoms with Gasteiger partial charge < -0.3 is 10.2 Å². The molecule has 0 unspecified atom stereocenters. The monoisotopic (exact) mass is 330 g/mol. The zero-order chi connectivity index (χ0) is 17.7. The van der Waals surface area contributed by atoms with Gasteiger partial charge in [0.05, 0.1) is 11.6 Å². The van der Waals surface area contributed by atoms with Gasteiger partial charge in [-0.05, 0) is 38.8 Å². The first kappa shape index (κ1) is 17.9. The number of amides is 1. The molecule has 7 heteroatoms. The highest BCUT2D eigenvalue weighted by Crippen LogP contribution is 2.19. The fourth-order valence-corrected chi connectivity index (χ4v) is 2.51. The third kappa shape index (κ3) is 4.10. The molecule has 0 saturated heterocycles. The van der Waals surface area contributed by atoms with Crippen LogP contribution in [0.25, 0.3) is 0 Å². The molecule has 0 spiro atoms. The Balaban J connectivity index is 2.12. The van der Waals surface area contributed by atoms with Crippen LogP contribution in [-0.2, 0) is 0 Å². The Hall–Kier alpha value is -2.44. The van der Waals surface area contributed by atoms with Gasteiger partial charge in [0, 0.05) is 19.3 Å². The minimum atomic E-state index is -0.245. The third-order valence-electron chi connectivity index (χ3n) is 3.94. The van der Waals surface area contributed by atoms with Gasteiger partial charge >= 0.3 is 0 Å². The summed E-state index contributed by atoms with van der Waals surface area (Å²) in [6.45, 7) is 11.8. The van der Waals surface area contributed by atoms with E-state index in [4.69, 9.17) is 0 Å². The number of nitrogens with one attached hydrogen (secondary N) is 2. The fraction of sp³-hybridized carbons (Fsp3) is 0.529. The molecule has 2 rings (SSSR count). The summed E-state index contributed by atoms with van der Waals surface area (Å²) in [6, 6.07) is 3.43. The molecule has 0 radical (unpaired) electrons. The Morgan fingerprint density at radius 2 is 2.00 bits per heavy atom. The van der Waals surface area contributed by atoms with Crippen LogP contribution in [0.2, 0.25) is 0 Å². The van der Waals surface area contributed by atoms with Crippen LogP contribution in [0.15, 0.2) is 18.3 Å². The van der Waals surface area contributed by atoms with Crippen LogP contribution < -0.4 is 10.2 Å². The average molecular weight is 330 g/mol. The van der Waals surface area contributed by atoms with Crippen LogP contribution in [-0.4, -0.2) is 39.2 Å². The third-order valence-corrected chi connectivity index (χ3v) is 3.94. The first-order valence-electron chi connectivity index (χ1n) is 8.37. The van der Waals surface area contributed by atoms with Crippen LogP contribution in [0.3, 0.4) is 0 Å². The average Bonchev–Trinajstić information content (AvgIpc) is 3.00. The van der Waals surface area contributed by atoms with Gasteiger partial charge in [0.25, 0.3) is 5.91 Å². The van der Waals surface area contributed by atoms with E-state index < -0.39 is 0 Å². The maximum Gasteiger partial charge on any atom is 0.253 e. The van der Waals surface area contributed by atoms with Gasteiger partial charge in [-0.15, -0.1) is 0 Å². The van der Waals surface area contributed by atoms with E-state index in [1.807, 2.05) is 26.8 Å². The van der Waals surface area contributed by atoms with Crippen molar-refractivity contribution in [3.8, 4) is 0 Å². The Labute approximate surface area is 142 Å². The number of hydrogen-bond donors (Lipinski definition) is 2. The molecule has 0 aliphatic carbocycles. The normalized spacial score (nSPS) is 12.2. The van der Waals surface area contributed by atoms with Gasteiger partial charge in [-0.1, -0.05) is 13.8 Å². The number of anilines is 1. The molecule has 7 nitrogen and oxygen atoms in total. The molecule has 0 aliphatic heterocycles. The topological polar surface area (TPSA) is 86.8 Å². The lowest BCUT2D eigenvalue weighted by molar-refractivity contribution is 0.0923. The standard InChI is InChI=1S/C17H26N6O/c1-6-23(7-2)14-9-8-13(10-18-14)17(24)20-15(11(3)4)16-19-12(5)21-22-16/h8-11,15H,6-7H2,1-5H3,(H,20,24)(H,19,21,22)/t15-/m0/s1. The van der Waals surface area contributed by atoms with Gasteiger partial charge in [0.1, 0.15) is 11.6 Å². The van der Waals surface area contributed by atoms with E-state index in [1.165, 1.54) is 0 Å². The Bertz CT molecular complexity index is 660. The van der Waals surface area contributed by atoms with E-state index in [1.54, 1.807) is 12.3 Å². The summed E-state index contributed by atoms with van der Waals surface area (Å²) in [5.41, 5.74) is 0.531. The molecule has 0 aromatic carbocycles. The van der Waals surface area contributed by atoms with Crippen LogP contribution >= 0.6 is 0 Å². The van der Waals surface area contributed by atoms with Crippen molar-refractivity contribution in [2.75, 3.05) is 18.0 Å². The van der Waals surface area contributed by atoms with E-state index in [0.717, 1.165) is 24.7 Å². The van der Waals surface area contributed by atoms with Crippen LogP contribution in [0, 0.1) is 12.8 Å². The summed E-state index contributed by atoms with van der Waals surface area (Å²) >= 11 is 0. The number of carbonyl (C=O) groups is 1. The van der Waals surface area contributed by atoms with E-state index in [-0.39, 0.29) is 17.9 Å². The smallest absolute Gasteiger partial charge is 0.253 e. The molecule has 1 amide bonds. The number of H-pyrrole nitrogens is 1. The summed E-state index contributed by atoms with van der Waals surface area (Å²) in [6.07, 6.45) is 1.61. The van der Waals surface area contributed by atoms with Crippen molar-refractivity contribution in [2.24, 2.45) is 5.92 Å². The Kier molecular flexibility index (Phi) is 5.89. The zero-order valence-corrected chi connectivity index (χ0v) is 15.0. The first-order valence-corrected chi connectivity index (χ1v) is 8.37. The molecule has 2 aromatic rings. The molecule has 0 saturated carbocycles. The van der Waals surface area contributed by atoms with E-state index in [9.17, 15) is 4.79 Å². The molecule has 0 aliphatic rings. The molecule has 130 valence electrons. The van der Waals surface area contributed by atoms with Crippen molar-refractivity contribution >= 4 is 11.7 Å².